The number of hydrogen-bond acceptors (Lipinski definition) is 4. The highest BCUT2D eigenvalue weighted by molar-refractivity contribution is 7.87. The van der Waals surface area contributed by atoms with Gasteiger partial charge >= 0.3 is 5.97 Å². The molecule has 0 heterocycles. The van der Waals surface area contributed by atoms with E-state index < -0.39 is 34.5 Å². The SMILES string of the molecule is CCCNS(=O)(=O)NC(CC(N)=O)C(=O)O. The summed E-state index contributed by atoms with van der Waals surface area (Å²) in [5.41, 5.74) is 4.79. The van der Waals surface area contributed by atoms with Gasteiger partial charge in [-0.1, -0.05) is 6.92 Å². The maximum atomic E-state index is 11.2. The lowest BCUT2D eigenvalue weighted by Crippen LogP contribution is -2.48. The zero-order valence-electron chi connectivity index (χ0n) is 8.76. The molecule has 0 aromatic rings. The largest absolute Gasteiger partial charge is 0.480 e. The van der Waals surface area contributed by atoms with Crippen molar-refractivity contribution >= 4 is 22.1 Å². The first-order valence-corrected chi connectivity index (χ1v) is 6.05. The van der Waals surface area contributed by atoms with Gasteiger partial charge in [0.1, 0.15) is 6.04 Å². The Balaban J connectivity index is 4.50. The maximum Gasteiger partial charge on any atom is 0.322 e. The van der Waals surface area contributed by atoms with Crippen LogP contribution in [0.1, 0.15) is 19.8 Å². The fourth-order valence-electron chi connectivity index (χ4n) is 0.846. The van der Waals surface area contributed by atoms with Crippen molar-refractivity contribution in [1.82, 2.24) is 9.44 Å². The van der Waals surface area contributed by atoms with Gasteiger partial charge in [0, 0.05) is 6.54 Å². The van der Waals surface area contributed by atoms with Crippen molar-refractivity contribution in [3.8, 4) is 0 Å². The second kappa shape index (κ2) is 6.40. The monoisotopic (exact) mass is 253 g/mol. The first-order valence-electron chi connectivity index (χ1n) is 4.56. The molecule has 0 radical (unpaired) electrons. The van der Waals surface area contributed by atoms with Gasteiger partial charge in [0.2, 0.25) is 5.91 Å². The Morgan fingerprint density at radius 2 is 2.00 bits per heavy atom. The molecule has 0 aliphatic rings. The molecule has 9 heteroatoms. The highest BCUT2D eigenvalue weighted by Gasteiger charge is 2.25. The van der Waals surface area contributed by atoms with Crippen molar-refractivity contribution < 1.29 is 23.1 Å². The first kappa shape index (κ1) is 14.8. The van der Waals surface area contributed by atoms with Crippen LogP contribution in [0.3, 0.4) is 0 Å². The molecular formula is C7H15N3O5S. The molecule has 1 atom stereocenters. The topological polar surface area (TPSA) is 139 Å². The fraction of sp³-hybridized carbons (Fsp3) is 0.714. The second-order valence-electron chi connectivity index (χ2n) is 3.08. The van der Waals surface area contributed by atoms with E-state index in [1.54, 1.807) is 6.92 Å². The number of carbonyl (C=O) groups excluding carboxylic acids is 1. The van der Waals surface area contributed by atoms with E-state index in [-0.39, 0.29) is 6.54 Å². The molecule has 0 fully saturated rings. The Hall–Kier alpha value is -1.19. The molecule has 0 aromatic carbocycles. The minimum absolute atomic E-state index is 0.179. The van der Waals surface area contributed by atoms with E-state index in [4.69, 9.17) is 10.8 Å². The number of carboxylic acid groups (broad SMARTS) is 1. The van der Waals surface area contributed by atoms with Crippen LogP contribution in [-0.4, -0.2) is 38.0 Å². The number of nitrogens with two attached hydrogens (primary N) is 1. The van der Waals surface area contributed by atoms with Crippen molar-refractivity contribution in [1.29, 1.82) is 0 Å². The third-order valence-corrected chi connectivity index (χ3v) is 2.72. The van der Waals surface area contributed by atoms with Gasteiger partial charge in [-0.05, 0) is 6.42 Å². The molecule has 0 aliphatic heterocycles. The molecule has 1 amide bonds. The number of rotatable bonds is 8. The summed E-state index contributed by atoms with van der Waals surface area (Å²) in [6.45, 7) is 1.93. The van der Waals surface area contributed by atoms with Crippen LogP contribution in [-0.2, 0) is 19.8 Å². The number of hydrogen-bond donors (Lipinski definition) is 4. The molecule has 0 aromatic heterocycles. The highest BCUT2D eigenvalue weighted by Crippen LogP contribution is 1.94. The van der Waals surface area contributed by atoms with Crippen molar-refractivity contribution in [2.75, 3.05) is 6.54 Å². The molecule has 0 aliphatic carbocycles. The lowest BCUT2D eigenvalue weighted by molar-refractivity contribution is -0.140. The maximum absolute atomic E-state index is 11.2. The van der Waals surface area contributed by atoms with Gasteiger partial charge in [-0.2, -0.15) is 13.1 Å². The Bertz CT molecular complexity index is 353. The summed E-state index contributed by atoms with van der Waals surface area (Å²) in [6.07, 6.45) is -0.0309. The molecule has 5 N–H and O–H groups in total. The number of aliphatic carboxylic acids is 1. The van der Waals surface area contributed by atoms with E-state index >= 15 is 0 Å². The summed E-state index contributed by atoms with van der Waals surface area (Å²) in [4.78, 5) is 21.1. The number of carbonyl (C=O) groups is 2. The summed E-state index contributed by atoms with van der Waals surface area (Å²) in [5, 5.41) is 8.65. The molecule has 94 valence electrons. The molecule has 1 unspecified atom stereocenters. The first-order chi connectivity index (χ1) is 7.28. The zero-order valence-corrected chi connectivity index (χ0v) is 9.58. The van der Waals surface area contributed by atoms with Gasteiger partial charge in [0.05, 0.1) is 6.42 Å². The third-order valence-electron chi connectivity index (χ3n) is 1.54. The molecule has 0 spiro atoms. The molecular weight excluding hydrogens is 238 g/mol. The lowest BCUT2D eigenvalue weighted by Gasteiger charge is -2.13. The average Bonchev–Trinajstić information content (AvgIpc) is 2.12. The van der Waals surface area contributed by atoms with Gasteiger partial charge in [-0.3, -0.25) is 9.59 Å². The standard InChI is InChI=1S/C7H15N3O5S/c1-2-3-9-16(14,15)10-5(7(12)13)4-6(8)11/h5,9-10H,2-4H2,1H3,(H2,8,11)(H,12,13). The van der Waals surface area contributed by atoms with Crippen molar-refractivity contribution in [3.05, 3.63) is 0 Å². The highest BCUT2D eigenvalue weighted by atomic mass is 32.2. The van der Waals surface area contributed by atoms with E-state index in [0.29, 0.717) is 6.42 Å². The minimum Gasteiger partial charge on any atom is -0.480 e. The smallest absolute Gasteiger partial charge is 0.322 e. The summed E-state index contributed by atoms with van der Waals surface area (Å²) >= 11 is 0. The van der Waals surface area contributed by atoms with Crippen LogP contribution in [0.4, 0.5) is 0 Å². The predicted molar refractivity (Wildman–Crippen MR) is 55.6 cm³/mol. The van der Waals surface area contributed by atoms with Crippen LogP contribution in [0, 0.1) is 0 Å². The van der Waals surface area contributed by atoms with Crippen molar-refractivity contribution in [3.63, 3.8) is 0 Å². The summed E-state index contributed by atoms with van der Waals surface area (Å²) in [7, 11) is -3.92. The van der Waals surface area contributed by atoms with E-state index in [1.165, 1.54) is 0 Å². The number of nitrogens with one attached hydrogen (secondary N) is 2. The summed E-state index contributed by atoms with van der Waals surface area (Å²) < 4.78 is 26.4. The van der Waals surface area contributed by atoms with Crippen LogP contribution in [0.2, 0.25) is 0 Å². The Labute approximate surface area is 93.4 Å². The minimum atomic E-state index is -3.92. The summed E-state index contributed by atoms with van der Waals surface area (Å²) in [5.74, 6) is -2.36. The van der Waals surface area contributed by atoms with Crippen LogP contribution >= 0.6 is 0 Å². The van der Waals surface area contributed by atoms with Crippen LogP contribution in [0.15, 0.2) is 0 Å². The second-order valence-corrected chi connectivity index (χ2v) is 4.61. The average molecular weight is 253 g/mol. The molecule has 0 rings (SSSR count). The molecule has 0 saturated heterocycles. The Kier molecular flexibility index (Phi) is 5.93. The Morgan fingerprint density at radius 3 is 2.38 bits per heavy atom. The number of primary amides is 1. The van der Waals surface area contributed by atoms with Crippen LogP contribution in [0.5, 0.6) is 0 Å². The van der Waals surface area contributed by atoms with E-state index in [9.17, 15) is 18.0 Å². The molecule has 0 bridgehead atoms. The van der Waals surface area contributed by atoms with E-state index in [0.717, 1.165) is 0 Å². The lowest BCUT2D eigenvalue weighted by atomic mass is 10.2. The molecule has 0 saturated carbocycles. The van der Waals surface area contributed by atoms with Crippen molar-refractivity contribution in [2.45, 2.75) is 25.8 Å². The van der Waals surface area contributed by atoms with Gasteiger partial charge in [-0.15, -0.1) is 0 Å². The van der Waals surface area contributed by atoms with E-state index in [2.05, 4.69) is 4.72 Å². The number of carboxylic acids is 1. The van der Waals surface area contributed by atoms with Gasteiger partial charge < -0.3 is 10.8 Å². The summed E-state index contributed by atoms with van der Waals surface area (Å²) in [6, 6.07) is -1.55. The predicted octanol–water partition coefficient (Wildman–Crippen LogP) is -1.85. The zero-order chi connectivity index (χ0) is 12.8. The molecule has 16 heavy (non-hydrogen) atoms. The quantitative estimate of drug-likeness (QED) is 0.402. The van der Waals surface area contributed by atoms with Crippen LogP contribution < -0.4 is 15.2 Å². The van der Waals surface area contributed by atoms with Gasteiger partial charge in [-0.25, -0.2) is 4.72 Å². The van der Waals surface area contributed by atoms with Gasteiger partial charge in [0.15, 0.2) is 0 Å². The van der Waals surface area contributed by atoms with Crippen LogP contribution in [0.25, 0.3) is 0 Å². The molecule has 8 nitrogen and oxygen atoms in total. The number of amides is 1. The fourth-order valence-corrected chi connectivity index (χ4v) is 1.96. The van der Waals surface area contributed by atoms with E-state index in [1.807, 2.05) is 4.72 Å². The third kappa shape index (κ3) is 6.32. The van der Waals surface area contributed by atoms with Crippen molar-refractivity contribution in [2.24, 2.45) is 5.73 Å². The Morgan fingerprint density at radius 1 is 1.44 bits per heavy atom. The normalized spacial score (nSPS) is 13.3. The van der Waals surface area contributed by atoms with Gasteiger partial charge in [0.25, 0.3) is 10.2 Å².